The SMILES string of the molecule is O=C(NC1C2CNCC21)C(O)(c1ccccc1)C1CCC1. The van der Waals surface area contributed by atoms with E-state index in [0.29, 0.717) is 11.8 Å². The van der Waals surface area contributed by atoms with Gasteiger partial charge in [0.25, 0.3) is 5.91 Å². The number of carbonyl (C=O) groups is 1. The van der Waals surface area contributed by atoms with Gasteiger partial charge in [-0.25, -0.2) is 0 Å². The maximum absolute atomic E-state index is 12.8. The first-order valence-corrected chi connectivity index (χ1v) is 8.01. The van der Waals surface area contributed by atoms with Crippen molar-refractivity contribution in [3.8, 4) is 0 Å². The molecule has 0 spiro atoms. The van der Waals surface area contributed by atoms with Gasteiger partial charge in [0.05, 0.1) is 0 Å². The molecule has 2 saturated carbocycles. The zero-order valence-electron chi connectivity index (χ0n) is 12.1. The van der Waals surface area contributed by atoms with Crippen LogP contribution in [0.1, 0.15) is 24.8 Å². The Labute approximate surface area is 124 Å². The molecule has 1 aromatic rings. The van der Waals surface area contributed by atoms with E-state index in [-0.39, 0.29) is 17.9 Å². The average Bonchev–Trinajstić information content (AvgIpc) is 2.88. The lowest BCUT2D eigenvalue weighted by Gasteiger charge is -2.40. The van der Waals surface area contributed by atoms with Crippen LogP contribution in [0, 0.1) is 17.8 Å². The van der Waals surface area contributed by atoms with Crippen LogP contribution in [0.15, 0.2) is 30.3 Å². The summed E-state index contributed by atoms with van der Waals surface area (Å²) in [6, 6.07) is 9.69. The highest BCUT2D eigenvalue weighted by molar-refractivity contribution is 5.87. The number of benzene rings is 1. The number of nitrogens with one attached hydrogen (secondary N) is 2. The lowest BCUT2D eigenvalue weighted by Crippen LogP contribution is -2.53. The zero-order valence-corrected chi connectivity index (χ0v) is 12.1. The summed E-state index contributed by atoms with van der Waals surface area (Å²) in [6.07, 6.45) is 2.96. The molecule has 1 aliphatic heterocycles. The summed E-state index contributed by atoms with van der Waals surface area (Å²) in [7, 11) is 0. The molecule has 1 aromatic carbocycles. The maximum Gasteiger partial charge on any atom is 0.257 e. The molecule has 112 valence electrons. The van der Waals surface area contributed by atoms with E-state index in [4.69, 9.17) is 0 Å². The first-order chi connectivity index (χ1) is 10.2. The van der Waals surface area contributed by atoms with Crippen LogP contribution in [-0.2, 0) is 10.4 Å². The summed E-state index contributed by atoms with van der Waals surface area (Å²) < 4.78 is 0. The van der Waals surface area contributed by atoms with E-state index in [9.17, 15) is 9.90 Å². The van der Waals surface area contributed by atoms with Crippen molar-refractivity contribution in [2.24, 2.45) is 17.8 Å². The largest absolute Gasteiger partial charge is 0.375 e. The number of fused-ring (bicyclic) bond motifs is 1. The van der Waals surface area contributed by atoms with Crippen molar-refractivity contribution in [1.82, 2.24) is 10.6 Å². The number of piperidine rings is 1. The van der Waals surface area contributed by atoms with Gasteiger partial charge in [0.15, 0.2) is 5.60 Å². The number of amides is 1. The monoisotopic (exact) mass is 286 g/mol. The van der Waals surface area contributed by atoms with Gasteiger partial charge in [0, 0.05) is 25.0 Å². The highest BCUT2D eigenvalue weighted by Gasteiger charge is 2.56. The van der Waals surface area contributed by atoms with Crippen LogP contribution >= 0.6 is 0 Å². The lowest BCUT2D eigenvalue weighted by atomic mass is 9.69. The molecule has 3 unspecified atom stereocenters. The van der Waals surface area contributed by atoms with Gasteiger partial charge in [-0.3, -0.25) is 4.79 Å². The summed E-state index contributed by atoms with van der Waals surface area (Å²) in [5.74, 6) is 0.986. The van der Waals surface area contributed by atoms with Crippen molar-refractivity contribution >= 4 is 5.91 Å². The molecule has 1 saturated heterocycles. The maximum atomic E-state index is 12.8. The Morgan fingerprint density at radius 3 is 2.43 bits per heavy atom. The Bertz CT molecular complexity index is 533. The second-order valence-electron chi connectivity index (χ2n) is 6.75. The Hall–Kier alpha value is -1.39. The highest BCUT2D eigenvalue weighted by atomic mass is 16.3. The number of hydrogen-bond acceptors (Lipinski definition) is 3. The van der Waals surface area contributed by atoms with Crippen LogP contribution in [0.2, 0.25) is 0 Å². The molecule has 4 heteroatoms. The summed E-state index contributed by atoms with van der Waals surface area (Å²) in [4.78, 5) is 12.8. The predicted octanol–water partition coefficient (Wildman–Crippen LogP) is 1.01. The first-order valence-electron chi connectivity index (χ1n) is 8.01. The average molecular weight is 286 g/mol. The van der Waals surface area contributed by atoms with E-state index in [2.05, 4.69) is 10.6 Å². The van der Waals surface area contributed by atoms with Crippen LogP contribution in [0.5, 0.6) is 0 Å². The van der Waals surface area contributed by atoms with Crippen LogP contribution in [-0.4, -0.2) is 30.1 Å². The summed E-state index contributed by atoms with van der Waals surface area (Å²) in [5, 5.41) is 17.6. The van der Waals surface area contributed by atoms with Gasteiger partial charge in [-0.15, -0.1) is 0 Å². The standard InChI is InChI=1S/C17H22N2O2/c20-16(19-15-13-9-18-10-14(13)15)17(21,12-7-4-8-12)11-5-2-1-3-6-11/h1-3,5-6,12-15,18,21H,4,7-10H2,(H,19,20). The van der Waals surface area contributed by atoms with E-state index in [1.165, 1.54) is 0 Å². The molecule has 0 bridgehead atoms. The minimum Gasteiger partial charge on any atom is -0.375 e. The van der Waals surface area contributed by atoms with Crippen molar-refractivity contribution in [1.29, 1.82) is 0 Å². The molecule has 1 amide bonds. The van der Waals surface area contributed by atoms with E-state index >= 15 is 0 Å². The van der Waals surface area contributed by atoms with Crippen LogP contribution in [0.3, 0.4) is 0 Å². The number of hydrogen-bond donors (Lipinski definition) is 3. The quantitative estimate of drug-likeness (QED) is 0.774. The van der Waals surface area contributed by atoms with E-state index in [1.54, 1.807) is 0 Å². The van der Waals surface area contributed by atoms with Crippen LogP contribution in [0.4, 0.5) is 0 Å². The third-order valence-electron chi connectivity index (χ3n) is 5.65. The van der Waals surface area contributed by atoms with Gasteiger partial charge in [0.1, 0.15) is 0 Å². The van der Waals surface area contributed by atoms with Crippen LogP contribution < -0.4 is 10.6 Å². The predicted molar refractivity (Wildman–Crippen MR) is 79.5 cm³/mol. The first kappa shape index (κ1) is 13.3. The normalized spacial score (nSPS) is 33.7. The third-order valence-corrected chi connectivity index (χ3v) is 5.65. The lowest BCUT2D eigenvalue weighted by molar-refractivity contribution is -0.152. The molecular formula is C17H22N2O2. The van der Waals surface area contributed by atoms with E-state index < -0.39 is 5.60 Å². The molecule has 0 aromatic heterocycles. The number of rotatable bonds is 4. The second kappa shape index (κ2) is 4.82. The molecule has 2 aliphatic carbocycles. The molecule has 4 rings (SSSR count). The molecule has 21 heavy (non-hydrogen) atoms. The van der Waals surface area contributed by atoms with Crippen molar-refractivity contribution in [3.63, 3.8) is 0 Å². The second-order valence-corrected chi connectivity index (χ2v) is 6.75. The number of carbonyl (C=O) groups excluding carboxylic acids is 1. The summed E-state index contributed by atoms with van der Waals surface area (Å²) >= 11 is 0. The van der Waals surface area contributed by atoms with Gasteiger partial charge in [-0.2, -0.15) is 0 Å². The summed E-state index contributed by atoms with van der Waals surface area (Å²) in [5.41, 5.74) is -0.625. The molecule has 1 heterocycles. The van der Waals surface area contributed by atoms with Crippen molar-refractivity contribution in [2.45, 2.75) is 30.9 Å². The smallest absolute Gasteiger partial charge is 0.257 e. The fraction of sp³-hybridized carbons (Fsp3) is 0.588. The minimum absolute atomic E-state index is 0.0524. The fourth-order valence-electron chi connectivity index (χ4n) is 3.96. The molecule has 4 nitrogen and oxygen atoms in total. The molecule has 0 radical (unpaired) electrons. The highest BCUT2D eigenvalue weighted by Crippen LogP contribution is 2.45. The van der Waals surface area contributed by atoms with Gasteiger partial charge in [-0.1, -0.05) is 36.8 Å². The Morgan fingerprint density at radius 2 is 1.86 bits per heavy atom. The molecule has 3 aliphatic rings. The van der Waals surface area contributed by atoms with Crippen molar-refractivity contribution < 1.29 is 9.90 Å². The van der Waals surface area contributed by atoms with Crippen LogP contribution in [0.25, 0.3) is 0 Å². The Balaban J connectivity index is 1.56. The zero-order chi connectivity index (χ0) is 14.4. The molecule has 3 atom stereocenters. The molecule has 3 N–H and O–H groups in total. The van der Waals surface area contributed by atoms with Gasteiger partial charge in [-0.05, 0) is 30.2 Å². The Kier molecular flexibility index (Phi) is 3.05. The van der Waals surface area contributed by atoms with Crippen molar-refractivity contribution in [2.75, 3.05) is 13.1 Å². The van der Waals surface area contributed by atoms with E-state index in [1.807, 2.05) is 30.3 Å². The minimum atomic E-state index is -1.36. The van der Waals surface area contributed by atoms with Gasteiger partial charge < -0.3 is 15.7 Å². The summed E-state index contributed by atoms with van der Waals surface area (Å²) in [6.45, 7) is 1.98. The third kappa shape index (κ3) is 2.00. The fourth-order valence-corrected chi connectivity index (χ4v) is 3.96. The molecule has 3 fully saturated rings. The van der Waals surface area contributed by atoms with Gasteiger partial charge in [0.2, 0.25) is 0 Å². The van der Waals surface area contributed by atoms with E-state index in [0.717, 1.165) is 37.9 Å². The molecular weight excluding hydrogens is 264 g/mol. The van der Waals surface area contributed by atoms with Crippen molar-refractivity contribution in [3.05, 3.63) is 35.9 Å². The Morgan fingerprint density at radius 1 is 1.19 bits per heavy atom. The van der Waals surface area contributed by atoms with Gasteiger partial charge >= 0.3 is 0 Å². The number of aliphatic hydroxyl groups is 1. The topological polar surface area (TPSA) is 61.4 Å².